The highest BCUT2D eigenvalue weighted by molar-refractivity contribution is 6.02. The van der Waals surface area contributed by atoms with Crippen LogP contribution in [0.25, 0.3) is 33.2 Å². The van der Waals surface area contributed by atoms with Crippen LogP contribution < -0.4 is 0 Å². The van der Waals surface area contributed by atoms with Crippen LogP contribution >= 0.6 is 0 Å². The largest absolute Gasteiger partial charge is 0.334 e. The van der Waals surface area contributed by atoms with Crippen LogP contribution in [-0.4, -0.2) is 43.0 Å². The predicted octanol–water partition coefficient (Wildman–Crippen LogP) is 4.33. The van der Waals surface area contributed by atoms with Crippen LogP contribution in [0.1, 0.15) is 29.1 Å². The van der Waals surface area contributed by atoms with Crippen LogP contribution in [0.5, 0.6) is 0 Å². The zero-order chi connectivity index (χ0) is 20.7. The topological polar surface area (TPSA) is 90.6 Å². The molecule has 0 saturated heterocycles. The number of carbonyl (C=O) groups excluding carboxylic acids is 1. The molecule has 7 heteroatoms. The fourth-order valence-corrected chi connectivity index (χ4v) is 3.65. The van der Waals surface area contributed by atoms with Crippen LogP contribution in [-0.2, 0) is 0 Å². The van der Waals surface area contributed by atoms with Gasteiger partial charge in [-0.2, -0.15) is 5.10 Å². The Morgan fingerprint density at radius 3 is 2.57 bits per heavy atom. The second-order valence-corrected chi connectivity index (χ2v) is 7.31. The molecule has 148 valence electrons. The van der Waals surface area contributed by atoms with Gasteiger partial charge in [-0.05, 0) is 36.8 Å². The summed E-state index contributed by atoms with van der Waals surface area (Å²) in [4.78, 5) is 26.6. The number of carbonyl (C=O) groups is 1. The summed E-state index contributed by atoms with van der Waals surface area (Å²) in [6.45, 7) is 2.01. The molecular formula is C23H20N6O. The Labute approximate surface area is 172 Å². The van der Waals surface area contributed by atoms with Crippen molar-refractivity contribution in [1.82, 2.24) is 30.0 Å². The average Bonchev–Trinajstić information content (AvgIpc) is 3.40. The van der Waals surface area contributed by atoms with Crippen LogP contribution in [0.2, 0.25) is 0 Å². The third-order valence-corrected chi connectivity index (χ3v) is 5.50. The lowest BCUT2D eigenvalue weighted by atomic mass is 10.1. The number of hydrogen-bond donors (Lipinski definition) is 2. The molecule has 0 aliphatic rings. The van der Waals surface area contributed by atoms with E-state index < -0.39 is 0 Å². The van der Waals surface area contributed by atoms with Crippen molar-refractivity contribution in [3.8, 4) is 11.3 Å². The number of nitrogens with zero attached hydrogens (tertiary/aromatic N) is 4. The van der Waals surface area contributed by atoms with Crippen molar-refractivity contribution in [3.05, 3.63) is 78.4 Å². The van der Waals surface area contributed by atoms with Gasteiger partial charge in [0, 0.05) is 30.4 Å². The lowest BCUT2D eigenvalue weighted by Gasteiger charge is -2.24. The van der Waals surface area contributed by atoms with E-state index in [0.717, 1.165) is 38.8 Å². The number of fused-ring (bicyclic) bond motifs is 2. The fourth-order valence-electron chi connectivity index (χ4n) is 3.65. The van der Waals surface area contributed by atoms with Gasteiger partial charge < -0.3 is 9.88 Å². The maximum atomic E-state index is 13.1. The highest BCUT2D eigenvalue weighted by Crippen LogP contribution is 2.29. The number of rotatable bonds is 4. The van der Waals surface area contributed by atoms with Crippen molar-refractivity contribution in [2.24, 2.45) is 0 Å². The summed E-state index contributed by atoms with van der Waals surface area (Å²) in [5, 5.41) is 8.46. The van der Waals surface area contributed by atoms with Gasteiger partial charge in [-0.1, -0.05) is 30.3 Å². The zero-order valence-corrected chi connectivity index (χ0v) is 16.6. The van der Waals surface area contributed by atoms with Gasteiger partial charge >= 0.3 is 0 Å². The SMILES string of the molecule is C[C@H](c1ccccc1)N(C)C(=O)c1nc2cc3c(-c4ccncc4)n[nH]c3cc2[nH]1. The minimum atomic E-state index is -0.154. The first-order valence-corrected chi connectivity index (χ1v) is 9.72. The molecule has 2 N–H and O–H groups in total. The van der Waals surface area contributed by atoms with Crippen molar-refractivity contribution >= 4 is 27.8 Å². The van der Waals surface area contributed by atoms with Crippen LogP contribution in [0.4, 0.5) is 0 Å². The van der Waals surface area contributed by atoms with Crippen molar-refractivity contribution in [1.29, 1.82) is 0 Å². The Hall–Kier alpha value is -4.00. The second kappa shape index (κ2) is 7.11. The number of aromatic amines is 2. The maximum absolute atomic E-state index is 13.1. The summed E-state index contributed by atoms with van der Waals surface area (Å²) >= 11 is 0. The van der Waals surface area contributed by atoms with Gasteiger partial charge in [0.25, 0.3) is 5.91 Å². The summed E-state index contributed by atoms with van der Waals surface area (Å²) in [6.07, 6.45) is 3.48. The van der Waals surface area contributed by atoms with Crippen molar-refractivity contribution in [2.45, 2.75) is 13.0 Å². The van der Waals surface area contributed by atoms with E-state index in [1.54, 1.807) is 24.3 Å². The number of hydrogen-bond acceptors (Lipinski definition) is 4. The Morgan fingerprint density at radius 1 is 1.03 bits per heavy atom. The molecule has 0 spiro atoms. The fraction of sp³-hybridized carbons (Fsp3) is 0.130. The van der Waals surface area contributed by atoms with E-state index in [2.05, 4.69) is 25.1 Å². The normalized spacial score (nSPS) is 12.3. The van der Waals surface area contributed by atoms with Gasteiger partial charge in [0.2, 0.25) is 0 Å². The highest BCUT2D eigenvalue weighted by atomic mass is 16.2. The number of imidazole rings is 1. The van der Waals surface area contributed by atoms with E-state index in [4.69, 9.17) is 0 Å². The zero-order valence-electron chi connectivity index (χ0n) is 16.6. The average molecular weight is 396 g/mol. The smallest absolute Gasteiger partial charge is 0.289 e. The predicted molar refractivity (Wildman–Crippen MR) is 116 cm³/mol. The van der Waals surface area contributed by atoms with Crippen LogP contribution in [0.15, 0.2) is 67.0 Å². The molecule has 0 aliphatic heterocycles. The monoisotopic (exact) mass is 396 g/mol. The van der Waals surface area contributed by atoms with E-state index in [-0.39, 0.29) is 11.9 Å². The first-order chi connectivity index (χ1) is 14.6. The van der Waals surface area contributed by atoms with Crippen molar-refractivity contribution in [2.75, 3.05) is 7.05 Å². The van der Waals surface area contributed by atoms with Gasteiger partial charge in [-0.25, -0.2) is 4.98 Å². The van der Waals surface area contributed by atoms with E-state index in [0.29, 0.717) is 5.82 Å². The lowest BCUT2D eigenvalue weighted by Crippen LogP contribution is -2.30. The molecule has 0 bridgehead atoms. The van der Waals surface area contributed by atoms with Gasteiger partial charge in [0.1, 0.15) is 5.69 Å². The third-order valence-electron chi connectivity index (χ3n) is 5.50. The Morgan fingerprint density at radius 2 is 1.80 bits per heavy atom. The molecule has 0 aliphatic carbocycles. The van der Waals surface area contributed by atoms with E-state index in [1.165, 1.54) is 0 Å². The first kappa shape index (κ1) is 18.1. The standard InChI is InChI=1S/C23H20N6O/c1-14(15-6-4-3-5-7-15)29(2)23(30)22-25-19-12-17-18(13-20(19)26-22)27-28-21(17)16-8-10-24-11-9-16/h3-14H,1-2H3,(H,25,26)(H,27,28)/t14-/m1/s1. The summed E-state index contributed by atoms with van der Waals surface area (Å²) in [7, 11) is 1.79. The Bertz CT molecular complexity index is 1340. The molecule has 3 aromatic heterocycles. The molecule has 0 saturated carbocycles. The van der Waals surface area contributed by atoms with Gasteiger partial charge in [-0.3, -0.25) is 14.9 Å². The molecule has 0 fully saturated rings. The molecule has 1 amide bonds. The van der Waals surface area contributed by atoms with Gasteiger partial charge in [0.15, 0.2) is 5.82 Å². The molecule has 30 heavy (non-hydrogen) atoms. The van der Waals surface area contributed by atoms with Crippen molar-refractivity contribution < 1.29 is 4.79 Å². The summed E-state index contributed by atoms with van der Waals surface area (Å²) < 4.78 is 0. The molecule has 0 radical (unpaired) electrons. The molecule has 1 atom stereocenters. The van der Waals surface area contributed by atoms with Gasteiger partial charge in [-0.15, -0.1) is 0 Å². The molecular weight excluding hydrogens is 376 g/mol. The minimum absolute atomic E-state index is 0.0657. The maximum Gasteiger partial charge on any atom is 0.289 e. The Kier molecular flexibility index (Phi) is 4.28. The molecule has 0 unspecified atom stereocenters. The number of nitrogens with one attached hydrogen (secondary N) is 2. The van der Waals surface area contributed by atoms with Crippen LogP contribution in [0, 0.1) is 0 Å². The number of amides is 1. The number of H-pyrrole nitrogens is 2. The van der Waals surface area contributed by atoms with E-state index in [9.17, 15) is 4.79 Å². The summed E-state index contributed by atoms with van der Waals surface area (Å²) in [5.74, 6) is 0.167. The number of pyridine rings is 1. The molecule has 7 nitrogen and oxygen atoms in total. The number of aromatic nitrogens is 5. The summed E-state index contributed by atoms with van der Waals surface area (Å²) in [5.41, 5.74) is 5.27. The lowest BCUT2D eigenvalue weighted by molar-refractivity contribution is 0.0732. The first-order valence-electron chi connectivity index (χ1n) is 9.72. The van der Waals surface area contributed by atoms with Crippen LogP contribution in [0.3, 0.4) is 0 Å². The third kappa shape index (κ3) is 3.00. The highest BCUT2D eigenvalue weighted by Gasteiger charge is 2.22. The molecule has 5 rings (SSSR count). The van der Waals surface area contributed by atoms with E-state index in [1.807, 2.05) is 61.5 Å². The number of benzene rings is 2. The van der Waals surface area contributed by atoms with Crippen molar-refractivity contribution in [3.63, 3.8) is 0 Å². The minimum Gasteiger partial charge on any atom is -0.334 e. The van der Waals surface area contributed by atoms with E-state index >= 15 is 0 Å². The molecule has 3 heterocycles. The quantitative estimate of drug-likeness (QED) is 0.473. The Balaban J connectivity index is 1.51. The molecule has 5 aromatic rings. The molecule has 2 aromatic carbocycles. The summed E-state index contributed by atoms with van der Waals surface area (Å²) in [6, 6.07) is 17.6. The second-order valence-electron chi connectivity index (χ2n) is 7.31. The van der Waals surface area contributed by atoms with Gasteiger partial charge in [0.05, 0.1) is 22.6 Å².